The molecule has 0 aliphatic rings. The van der Waals surface area contributed by atoms with Crippen LogP contribution in [-0.4, -0.2) is 0 Å². The molecular weight excluding hydrogens is 513 g/mol. The number of fused-ring (bicyclic) bond motifs is 1. The number of rotatable bonds is 5. The molecule has 0 N–H and O–H groups in total. The van der Waals surface area contributed by atoms with Crippen LogP contribution in [0.4, 0.5) is 13.2 Å². The highest BCUT2D eigenvalue weighted by Crippen LogP contribution is 2.39. The van der Waals surface area contributed by atoms with Gasteiger partial charge >= 0.3 is 6.18 Å². The molecule has 4 rings (SSSR count). The molecule has 0 saturated carbocycles. The van der Waals surface area contributed by atoms with Crippen LogP contribution in [0.15, 0.2) is 80.4 Å². The van der Waals surface area contributed by atoms with Crippen LogP contribution in [0.25, 0.3) is 11.0 Å². The lowest BCUT2D eigenvalue weighted by Gasteiger charge is -2.14. The van der Waals surface area contributed by atoms with Crippen molar-refractivity contribution < 1.29 is 27.1 Å². The van der Waals surface area contributed by atoms with E-state index in [1.807, 2.05) is 24.3 Å². The number of halogens is 5. The molecule has 0 saturated heterocycles. The van der Waals surface area contributed by atoms with Gasteiger partial charge in [-0.2, -0.15) is 13.2 Å². The molecule has 1 aromatic heterocycles. The second kappa shape index (κ2) is 8.88. The zero-order valence-electron chi connectivity index (χ0n) is 16.1. The highest BCUT2D eigenvalue weighted by molar-refractivity contribution is 9.10. The number of hydrogen-bond acceptors (Lipinski definition) is 4. The maximum Gasteiger partial charge on any atom is 0.453 e. The maximum absolute atomic E-state index is 13.7. The van der Waals surface area contributed by atoms with Crippen LogP contribution in [0, 0.1) is 0 Å². The van der Waals surface area contributed by atoms with Gasteiger partial charge in [-0.15, -0.1) is 0 Å². The Morgan fingerprint density at radius 3 is 2.50 bits per heavy atom. The molecule has 0 fully saturated rings. The van der Waals surface area contributed by atoms with E-state index in [1.165, 1.54) is 36.4 Å². The fourth-order valence-electron chi connectivity index (χ4n) is 2.96. The molecular formula is C23H13BrClF3O4. The van der Waals surface area contributed by atoms with Gasteiger partial charge in [-0.1, -0.05) is 51.8 Å². The number of benzene rings is 3. The summed E-state index contributed by atoms with van der Waals surface area (Å²) in [5.74, 6) is -2.39. The van der Waals surface area contributed by atoms with Crippen LogP contribution in [0.1, 0.15) is 11.3 Å². The Kier molecular flexibility index (Phi) is 6.17. The molecule has 3 aromatic carbocycles. The first kappa shape index (κ1) is 22.2. The predicted molar refractivity (Wildman–Crippen MR) is 117 cm³/mol. The average molecular weight is 526 g/mol. The van der Waals surface area contributed by atoms with Gasteiger partial charge in [-0.25, -0.2) is 0 Å². The summed E-state index contributed by atoms with van der Waals surface area (Å²) in [6.45, 7) is 0.176. The SMILES string of the molecule is O=c1c(Oc2ccccc2Cl)c(C(F)(F)F)oc2cc(OCc3cccc(Br)c3)ccc12. The Morgan fingerprint density at radius 1 is 1.00 bits per heavy atom. The van der Waals surface area contributed by atoms with Crippen LogP contribution in [-0.2, 0) is 12.8 Å². The summed E-state index contributed by atoms with van der Waals surface area (Å²) in [5.41, 5.74) is -0.405. The van der Waals surface area contributed by atoms with Crippen LogP contribution in [0.2, 0.25) is 5.02 Å². The Hall–Kier alpha value is -2.97. The minimum absolute atomic E-state index is 0.0522. The quantitative estimate of drug-likeness (QED) is 0.269. The predicted octanol–water partition coefficient (Wildman–Crippen LogP) is 7.60. The second-order valence-electron chi connectivity index (χ2n) is 6.70. The number of alkyl halides is 3. The minimum Gasteiger partial charge on any atom is -0.489 e. The number of hydrogen-bond donors (Lipinski definition) is 0. The number of ether oxygens (including phenoxy) is 2. The third-order valence-electron chi connectivity index (χ3n) is 4.42. The van der Waals surface area contributed by atoms with Gasteiger partial charge in [0.2, 0.25) is 11.2 Å². The fourth-order valence-corrected chi connectivity index (χ4v) is 3.58. The first-order valence-electron chi connectivity index (χ1n) is 9.20. The van der Waals surface area contributed by atoms with Crippen LogP contribution in [0.3, 0.4) is 0 Å². The summed E-state index contributed by atoms with van der Waals surface area (Å²) in [4.78, 5) is 12.9. The van der Waals surface area contributed by atoms with E-state index in [-0.39, 0.29) is 34.1 Å². The summed E-state index contributed by atoms with van der Waals surface area (Å²) in [7, 11) is 0. The number of para-hydroxylation sites is 1. The van der Waals surface area contributed by atoms with Crippen molar-refractivity contribution in [2.45, 2.75) is 12.8 Å². The molecule has 9 heteroatoms. The first-order chi connectivity index (χ1) is 15.2. The van der Waals surface area contributed by atoms with Gasteiger partial charge in [0, 0.05) is 10.5 Å². The van der Waals surface area contributed by atoms with Crippen molar-refractivity contribution in [3.63, 3.8) is 0 Å². The van der Waals surface area contributed by atoms with Crippen LogP contribution in [0.5, 0.6) is 17.2 Å². The van der Waals surface area contributed by atoms with Gasteiger partial charge in [0.1, 0.15) is 23.7 Å². The topological polar surface area (TPSA) is 48.7 Å². The van der Waals surface area contributed by atoms with E-state index < -0.39 is 23.1 Å². The Bertz CT molecular complexity index is 1350. The molecule has 4 aromatic rings. The summed E-state index contributed by atoms with van der Waals surface area (Å²) < 4.78 is 57.9. The highest BCUT2D eigenvalue weighted by atomic mass is 79.9. The molecule has 0 spiro atoms. The molecule has 0 amide bonds. The molecule has 32 heavy (non-hydrogen) atoms. The monoisotopic (exact) mass is 524 g/mol. The van der Waals surface area contributed by atoms with E-state index in [0.29, 0.717) is 0 Å². The first-order valence-corrected chi connectivity index (χ1v) is 10.4. The largest absolute Gasteiger partial charge is 0.489 e. The van der Waals surface area contributed by atoms with Gasteiger partial charge in [0.15, 0.2) is 0 Å². The zero-order chi connectivity index (χ0) is 22.9. The van der Waals surface area contributed by atoms with Crippen LogP contribution < -0.4 is 14.9 Å². The smallest absolute Gasteiger partial charge is 0.453 e. The van der Waals surface area contributed by atoms with Crippen molar-refractivity contribution in [3.05, 3.63) is 97.8 Å². The molecule has 0 atom stereocenters. The van der Waals surface area contributed by atoms with Crippen molar-refractivity contribution in [2.24, 2.45) is 0 Å². The fraction of sp³-hybridized carbons (Fsp3) is 0.0870. The lowest BCUT2D eigenvalue weighted by Crippen LogP contribution is -2.15. The van der Waals surface area contributed by atoms with E-state index in [9.17, 15) is 18.0 Å². The molecule has 0 bridgehead atoms. The van der Waals surface area contributed by atoms with Gasteiger partial charge in [-0.3, -0.25) is 4.79 Å². The lowest BCUT2D eigenvalue weighted by atomic mass is 10.2. The maximum atomic E-state index is 13.7. The standard InChI is InChI=1S/C23H13BrClF3O4/c24-14-5-3-4-13(10-14)12-30-15-8-9-16-19(11-15)32-22(23(26,27)28)21(20(16)29)31-18-7-2-1-6-17(18)25/h1-11H,12H2. The highest BCUT2D eigenvalue weighted by Gasteiger charge is 2.40. The van der Waals surface area contributed by atoms with Crippen molar-refractivity contribution in [1.29, 1.82) is 0 Å². The molecule has 0 radical (unpaired) electrons. The third kappa shape index (κ3) is 4.76. The second-order valence-corrected chi connectivity index (χ2v) is 8.02. The zero-order valence-corrected chi connectivity index (χ0v) is 18.4. The van der Waals surface area contributed by atoms with E-state index in [0.717, 1.165) is 10.0 Å². The van der Waals surface area contributed by atoms with Crippen LogP contribution >= 0.6 is 27.5 Å². The van der Waals surface area contributed by atoms with Gasteiger partial charge in [-0.05, 0) is 42.0 Å². The van der Waals surface area contributed by atoms with E-state index >= 15 is 0 Å². The molecule has 164 valence electrons. The van der Waals surface area contributed by atoms with Crippen molar-refractivity contribution in [2.75, 3.05) is 0 Å². The molecule has 4 nitrogen and oxygen atoms in total. The van der Waals surface area contributed by atoms with E-state index in [4.69, 9.17) is 25.5 Å². The van der Waals surface area contributed by atoms with Crippen molar-refractivity contribution in [1.82, 2.24) is 0 Å². The summed E-state index contributed by atoms with van der Waals surface area (Å²) >= 11 is 9.33. The Morgan fingerprint density at radius 2 is 1.78 bits per heavy atom. The van der Waals surface area contributed by atoms with Gasteiger partial charge in [0.05, 0.1) is 10.4 Å². The normalized spacial score (nSPS) is 11.5. The van der Waals surface area contributed by atoms with E-state index in [1.54, 1.807) is 6.07 Å². The summed E-state index contributed by atoms with van der Waals surface area (Å²) in [6, 6.07) is 17.3. The lowest BCUT2D eigenvalue weighted by molar-refractivity contribution is -0.154. The minimum atomic E-state index is -4.98. The average Bonchev–Trinajstić information content (AvgIpc) is 2.74. The molecule has 0 unspecified atom stereocenters. The summed E-state index contributed by atoms with van der Waals surface area (Å²) in [5, 5.41) is -0.0359. The molecule has 0 aliphatic carbocycles. The summed E-state index contributed by atoms with van der Waals surface area (Å²) in [6.07, 6.45) is -4.98. The van der Waals surface area contributed by atoms with E-state index in [2.05, 4.69) is 15.9 Å². The van der Waals surface area contributed by atoms with Crippen molar-refractivity contribution in [3.8, 4) is 17.2 Å². The Balaban J connectivity index is 1.74. The third-order valence-corrected chi connectivity index (χ3v) is 5.23. The van der Waals surface area contributed by atoms with Gasteiger partial charge in [0.25, 0.3) is 5.76 Å². The molecule has 1 heterocycles. The Labute approximate surface area is 193 Å². The van der Waals surface area contributed by atoms with Gasteiger partial charge < -0.3 is 13.9 Å². The van der Waals surface area contributed by atoms with Crippen molar-refractivity contribution >= 4 is 38.5 Å². The molecule has 0 aliphatic heterocycles.